The fourth-order valence-corrected chi connectivity index (χ4v) is 4.30. The zero-order valence-corrected chi connectivity index (χ0v) is 18.5. The number of anilines is 1. The molecule has 1 aliphatic heterocycles. The van der Waals surface area contributed by atoms with Crippen LogP contribution in [0, 0.1) is 12.3 Å². The number of fused-ring (bicyclic) bond motifs is 1. The van der Waals surface area contributed by atoms with Crippen LogP contribution in [0.5, 0.6) is 5.75 Å². The summed E-state index contributed by atoms with van der Waals surface area (Å²) < 4.78 is 10.8. The quantitative estimate of drug-likeness (QED) is 0.461. The van der Waals surface area contributed by atoms with E-state index in [1.54, 1.807) is 11.8 Å². The molecule has 1 aliphatic rings. The lowest BCUT2D eigenvalue weighted by molar-refractivity contribution is 0.179. The largest absolute Gasteiger partial charge is 0.484 e. The van der Waals surface area contributed by atoms with Crippen LogP contribution >= 0.6 is 11.8 Å². The molecule has 1 amide bonds. The van der Waals surface area contributed by atoms with E-state index < -0.39 is 6.09 Å². The summed E-state index contributed by atoms with van der Waals surface area (Å²) in [6.07, 6.45) is 4.97. The molecule has 0 bridgehead atoms. The number of benzene rings is 3. The second-order valence-electron chi connectivity index (χ2n) is 7.02. The van der Waals surface area contributed by atoms with Crippen LogP contribution in [-0.2, 0) is 10.5 Å². The van der Waals surface area contributed by atoms with Crippen LogP contribution in [0.15, 0.2) is 77.8 Å². The molecule has 3 aromatic rings. The van der Waals surface area contributed by atoms with E-state index in [9.17, 15) is 4.79 Å². The molecule has 3 aromatic carbocycles. The van der Waals surface area contributed by atoms with E-state index in [2.05, 4.69) is 18.1 Å². The van der Waals surface area contributed by atoms with Crippen LogP contribution in [0.4, 0.5) is 16.2 Å². The van der Waals surface area contributed by atoms with Crippen LogP contribution in [0.2, 0.25) is 0 Å². The molecule has 5 nitrogen and oxygen atoms in total. The van der Waals surface area contributed by atoms with Crippen LogP contribution in [0.3, 0.4) is 0 Å². The van der Waals surface area contributed by atoms with Gasteiger partial charge in [-0.25, -0.2) is 9.79 Å². The topological polar surface area (TPSA) is 51.1 Å². The first-order valence-electron chi connectivity index (χ1n) is 10.1. The Hall–Kier alpha value is -3.69. The molecule has 0 aromatic heterocycles. The molecule has 0 unspecified atom stereocenters. The number of thioether (sulfide) groups is 1. The average Bonchev–Trinajstić information content (AvgIpc) is 2.86. The summed E-state index contributed by atoms with van der Waals surface area (Å²) in [6, 6.07) is 23.9. The maximum absolute atomic E-state index is 12.2. The first kappa shape index (κ1) is 21.5. The maximum Gasteiger partial charge on any atom is 0.414 e. The highest BCUT2D eigenvalue weighted by atomic mass is 32.2. The van der Waals surface area contributed by atoms with E-state index in [1.165, 1.54) is 12.0 Å². The molecule has 4 rings (SSSR count). The van der Waals surface area contributed by atoms with Crippen molar-refractivity contribution in [3.63, 3.8) is 0 Å². The lowest BCUT2D eigenvalue weighted by atomic mass is 10.0. The third-order valence-corrected chi connectivity index (χ3v) is 5.98. The molecule has 0 fully saturated rings. The van der Waals surface area contributed by atoms with Crippen LogP contribution in [-0.4, -0.2) is 31.4 Å². The fourth-order valence-electron chi connectivity index (χ4n) is 3.42. The van der Waals surface area contributed by atoms with Gasteiger partial charge in [0.25, 0.3) is 0 Å². The van der Waals surface area contributed by atoms with Crippen LogP contribution < -0.4 is 9.64 Å². The Labute approximate surface area is 192 Å². The molecule has 0 radical (unpaired) electrons. The highest BCUT2D eigenvalue weighted by Gasteiger charge is 2.20. The molecule has 0 saturated heterocycles. The summed E-state index contributed by atoms with van der Waals surface area (Å²) in [7, 11) is 1.35. The summed E-state index contributed by atoms with van der Waals surface area (Å²) in [5, 5.41) is 0.874. The third kappa shape index (κ3) is 4.79. The molecule has 0 saturated carbocycles. The Morgan fingerprint density at radius 1 is 1.12 bits per heavy atom. The van der Waals surface area contributed by atoms with Crippen LogP contribution in [0.25, 0.3) is 11.1 Å². The SMILES string of the molecule is C#CCN(C(=O)OC)c1ccccc1CSC1=Nc2cc(-c3ccccc3)ccc2OC1. The molecule has 160 valence electrons. The molecule has 0 atom stereocenters. The van der Waals surface area contributed by atoms with Crippen molar-refractivity contribution in [3.05, 3.63) is 78.4 Å². The van der Waals surface area contributed by atoms with Crippen molar-refractivity contribution in [2.75, 3.05) is 25.2 Å². The van der Waals surface area contributed by atoms with Gasteiger partial charge in [-0.2, -0.15) is 0 Å². The smallest absolute Gasteiger partial charge is 0.414 e. The molecule has 0 N–H and O–H groups in total. The highest BCUT2D eigenvalue weighted by molar-refractivity contribution is 8.13. The number of hydrogen-bond donors (Lipinski definition) is 0. The molecule has 6 heteroatoms. The highest BCUT2D eigenvalue weighted by Crippen LogP contribution is 2.37. The van der Waals surface area contributed by atoms with Gasteiger partial charge in [0.15, 0.2) is 0 Å². The molecule has 0 spiro atoms. The Morgan fingerprint density at radius 2 is 1.91 bits per heavy atom. The first-order valence-corrected chi connectivity index (χ1v) is 11.1. The molecular formula is C26H22N2O3S. The van der Waals surface area contributed by atoms with Crippen molar-refractivity contribution < 1.29 is 14.3 Å². The number of para-hydroxylation sites is 1. The van der Waals surface area contributed by atoms with E-state index >= 15 is 0 Å². The summed E-state index contributed by atoms with van der Waals surface area (Å²) in [5.41, 5.74) is 4.74. The van der Waals surface area contributed by atoms with E-state index in [4.69, 9.17) is 20.9 Å². The van der Waals surface area contributed by atoms with Crippen molar-refractivity contribution in [1.82, 2.24) is 0 Å². The van der Waals surface area contributed by atoms with Gasteiger partial charge in [0.1, 0.15) is 23.1 Å². The van der Waals surface area contributed by atoms with Gasteiger partial charge in [0, 0.05) is 5.75 Å². The fraction of sp³-hybridized carbons (Fsp3) is 0.154. The van der Waals surface area contributed by atoms with Gasteiger partial charge in [-0.15, -0.1) is 18.2 Å². The monoisotopic (exact) mass is 442 g/mol. The van der Waals surface area contributed by atoms with E-state index in [0.29, 0.717) is 12.4 Å². The normalized spacial score (nSPS) is 12.1. The van der Waals surface area contributed by atoms with E-state index in [0.717, 1.165) is 38.9 Å². The van der Waals surface area contributed by atoms with Crippen molar-refractivity contribution in [2.24, 2.45) is 4.99 Å². The molecular weight excluding hydrogens is 420 g/mol. The zero-order chi connectivity index (χ0) is 22.3. The maximum atomic E-state index is 12.2. The number of terminal acetylenes is 1. The van der Waals surface area contributed by atoms with Crippen molar-refractivity contribution in [1.29, 1.82) is 0 Å². The summed E-state index contributed by atoms with van der Waals surface area (Å²) in [6.45, 7) is 0.545. The predicted molar refractivity (Wildman–Crippen MR) is 131 cm³/mol. The second-order valence-corrected chi connectivity index (χ2v) is 8.07. The van der Waals surface area contributed by atoms with Gasteiger partial charge in [-0.05, 0) is 34.9 Å². The van der Waals surface area contributed by atoms with Gasteiger partial charge >= 0.3 is 6.09 Å². The van der Waals surface area contributed by atoms with E-state index in [1.807, 2.05) is 60.7 Å². The third-order valence-electron chi connectivity index (χ3n) is 4.98. The van der Waals surface area contributed by atoms with Gasteiger partial charge in [0.2, 0.25) is 0 Å². The number of aliphatic imine (C=N–C) groups is 1. The number of nitrogens with zero attached hydrogens (tertiary/aromatic N) is 2. The molecule has 32 heavy (non-hydrogen) atoms. The number of rotatable bonds is 5. The standard InChI is InChI=1S/C26H22N2O3S/c1-3-15-28(26(29)30-2)23-12-8-7-11-21(23)18-32-25-17-31-24-14-13-20(16-22(24)27-25)19-9-5-4-6-10-19/h1,4-14,16H,15,17-18H2,2H3. The molecule has 1 heterocycles. The number of ether oxygens (including phenoxy) is 2. The van der Waals surface area contributed by atoms with Gasteiger partial charge < -0.3 is 9.47 Å². The van der Waals surface area contributed by atoms with Crippen molar-refractivity contribution in [2.45, 2.75) is 5.75 Å². The Kier molecular flexibility index (Phi) is 6.78. The van der Waals surface area contributed by atoms with E-state index in [-0.39, 0.29) is 6.54 Å². The Morgan fingerprint density at radius 3 is 2.69 bits per heavy atom. The number of carbonyl (C=O) groups excluding carboxylic acids is 1. The number of hydrogen-bond acceptors (Lipinski definition) is 5. The van der Waals surface area contributed by atoms with Gasteiger partial charge in [-0.3, -0.25) is 4.90 Å². The summed E-state index contributed by atoms with van der Waals surface area (Å²) >= 11 is 1.58. The molecule has 0 aliphatic carbocycles. The number of amides is 1. The lowest BCUT2D eigenvalue weighted by Crippen LogP contribution is -2.31. The lowest BCUT2D eigenvalue weighted by Gasteiger charge is -2.22. The predicted octanol–water partition coefficient (Wildman–Crippen LogP) is 5.92. The van der Waals surface area contributed by atoms with Crippen molar-refractivity contribution >= 4 is 34.3 Å². The Balaban J connectivity index is 1.54. The average molecular weight is 443 g/mol. The summed E-state index contributed by atoms with van der Waals surface area (Å²) in [4.78, 5) is 18.5. The first-order chi connectivity index (χ1) is 15.7. The number of methoxy groups -OCH3 is 1. The van der Waals surface area contributed by atoms with Gasteiger partial charge in [-0.1, -0.05) is 60.5 Å². The summed E-state index contributed by atoms with van der Waals surface area (Å²) in [5.74, 6) is 3.91. The van der Waals surface area contributed by atoms with Gasteiger partial charge in [0.05, 0.1) is 19.3 Å². The zero-order valence-electron chi connectivity index (χ0n) is 17.7. The minimum absolute atomic E-state index is 0.133. The minimum Gasteiger partial charge on any atom is -0.484 e. The second kappa shape index (κ2) is 10.1. The minimum atomic E-state index is -0.485. The van der Waals surface area contributed by atoms with Crippen molar-refractivity contribution in [3.8, 4) is 29.2 Å². The Bertz CT molecular complexity index is 1190. The number of carbonyl (C=O) groups is 1. The van der Waals surface area contributed by atoms with Crippen LogP contribution in [0.1, 0.15) is 5.56 Å².